The Morgan fingerprint density at radius 1 is 1.71 bits per heavy atom. The van der Waals surface area contributed by atoms with Crippen LogP contribution in [0.3, 0.4) is 0 Å². The van der Waals surface area contributed by atoms with Gasteiger partial charge in [0.25, 0.3) is 0 Å². The van der Waals surface area contributed by atoms with Gasteiger partial charge in [-0.25, -0.2) is 0 Å². The molecular formula is C4H9NaO2. The van der Waals surface area contributed by atoms with Gasteiger partial charge in [-0.15, -0.1) is 0 Å². The van der Waals surface area contributed by atoms with Crippen molar-refractivity contribution >= 4 is 5.97 Å². The second-order valence-corrected chi connectivity index (χ2v) is 1.49. The molecule has 0 fully saturated rings. The maximum atomic E-state index is 9.70. The van der Waals surface area contributed by atoms with E-state index in [2.05, 4.69) is 0 Å². The van der Waals surface area contributed by atoms with Gasteiger partial charge in [-0.2, -0.15) is 0 Å². The van der Waals surface area contributed by atoms with E-state index in [0.717, 1.165) is 0 Å². The summed E-state index contributed by atoms with van der Waals surface area (Å²) in [5.74, 6) is -0.972. The first-order chi connectivity index (χ1) is 2.64. The van der Waals surface area contributed by atoms with Crippen LogP contribution in [0.15, 0.2) is 0 Å². The molecule has 0 aromatic heterocycles. The number of hydrogen-bond acceptors (Lipinski definition) is 1. The fourth-order valence-electron chi connectivity index (χ4n) is 0. The van der Waals surface area contributed by atoms with Crippen molar-refractivity contribution in [2.75, 3.05) is 0 Å². The van der Waals surface area contributed by atoms with Crippen molar-refractivity contribution in [1.29, 1.82) is 0 Å². The van der Waals surface area contributed by atoms with Crippen LogP contribution < -0.4 is 29.6 Å². The minimum absolute atomic E-state index is 0. The third-order valence-electron chi connectivity index (χ3n) is 0.494. The summed E-state index contributed by atoms with van der Waals surface area (Å²) < 4.78 is 0. The molecule has 0 aliphatic carbocycles. The first-order valence-corrected chi connectivity index (χ1v) is 1.87. The molecule has 0 bridgehead atoms. The Hall–Kier alpha value is 0.470. The molecule has 38 valence electrons. The Morgan fingerprint density at radius 3 is 1.86 bits per heavy atom. The van der Waals surface area contributed by atoms with Gasteiger partial charge in [0.05, 0.1) is 5.92 Å². The Morgan fingerprint density at radius 2 is 1.86 bits per heavy atom. The third-order valence-corrected chi connectivity index (χ3v) is 0.494. The zero-order chi connectivity index (χ0) is 5.15. The molecule has 0 atom stereocenters. The first-order valence-electron chi connectivity index (χ1n) is 1.87. The summed E-state index contributed by atoms with van der Waals surface area (Å²) in [4.78, 5) is 9.70. The molecule has 0 aromatic rings. The van der Waals surface area contributed by atoms with Crippen LogP contribution in [0.2, 0.25) is 0 Å². The molecule has 0 rings (SSSR count). The molecule has 0 heterocycles. The van der Waals surface area contributed by atoms with Crippen LogP contribution in [-0.4, -0.2) is 11.1 Å². The van der Waals surface area contributed by atoms with Gasteiger partial charge in [-0.05, 0) is 0 Å². The average Bonchev–Trinajstić information content (AvgIpc) is 1.36. The summed E-state index contributed by atoms with van der Waals surface area (Å²) in [6.45, 7) is 3.28. The second kappa shape index (κ2) is 4.62. The van der Waals surface area contributed by atoms with Crippen molar-refractivity contribution in [1.82, 2.24) is 0 Å². The van der Waals surface area contributed by atoms with E-state index in [1.165, 1.54) is 0 Å². The van der Waals surface area contributed by atoms with Crippen LogP contribution in [0.4, 0.5) is 0 Å². The monoisotopic (exact) mass is 112 g/mol. The number of carboxylic acid groups (broad SMARTS) is 1. The molecular weight excluding hydrogens is 103 g/mol. The van der Waals surface area contributed by atoms with E-state index in [-0.39, 0.29) is 36.9 Å². The molecule has 1 N–H and O–H groups in total. The van der Waals surface area contributed by atoms with Gasteiger partial charge in [-0.3, -0.25) is 4.79 Å². The number of carbonyl (C=O) groups is 1. The zero-order valence-corrected chi connectivity index (χ0v) is 6.93. The van der Waals surface area contributed by atoms with E-state index in [1.807, 2.05) is 0 Å². The molecule has 0 aromatic carbocycles. The fraction of sp³-hybridized carbons (Fsp3) is 0.750. The minimum atomic E-state index is -0.741. The van der Waals surface area contributed by atoms with Gasteiger partial charge in [0.2, 0.25) is 0 Å². The summed E-state index contributed by atoms with van der Waals surface area (Å²) in [5, 5.41) is 7.99. The average molecular weight is 112 g/mol. The molecule has 7 heavy (non-hydrogen) atoms. The maximum absolute atomic E-state index is 9.70. The molecule has 0 unspecified atom stereocenters. The maximum Gasteiger partial charge on any atom is 1.00 e. The van der Waals surface area contributed by atoms with Gasteiger partial charge in [-0.1, -0.05) is 13.8 Å². The van der Waals surface area contributed by atoms with Gasteiger partial charge in [0.1, 0.15) is 0 Å². The number of hydrogen-bond donors (Lipinski definition) is 1. The minimum Gasteiger partial charge on any atom is -1.00 e. The van der Waals surface area contributed by atoms with E-state index >= 15 is 0 Å². The number of carboxylic acids is 1. The van der Waals surface area contributed by atoms with Crippen molar-refractivity contribution < 1.29 is 40.9 Å². The smallest absolute Gasteiger partial charge is 1.00 e. The van der Waals surface area contributed by atoms with Crippen LogP contribution in [0, 0.1) is 5.92 Å². The largest absolute Gasteiger partial charge is 1.00 e. The standard InChI is InChI=1S/C4H8O2.Na.H/c1-3(2)4(5)6;;/h3H,1-2H3,(H,5,6);;/q;+1;-1. The SMILES string of the molecule is CC(C)C(=O)O.[H-].[Na+]. The van der Waals surface area contributed by atoms with E-state index in [0.29, 0.717) is 0 Å². The summed E-state index contributed by atoms with van der Waals surface area (Å²) in [6.07, 6.45) is 0. The summed E-state index contributed by atoms with van der Waals surface area (Å²) in [7, 11) is 0. The molecule has 3 heteroatoms. The summed E-state index contributed by atoms with van der Waals surface area (Å²) >= 11 is 0. The van der Waals surface area contributed by atoms with Crippen LogP contribution in [0.1, 0.15) is 15.3 Å². The van der Waals surface area contributed by atoms with E-state index in [4.69, 9.17) is 5.11 Å². The van der Waals surface area contributed by atoms with Crippen LogP contribution in [0.5, 0.6) is 0 Å². The van der Waals surface area contributed by atoms with Crippen LogP contribution >= 0.6 is 0 Å². The summed E-state index contributed by atoms with van der Waals surface area (Å²) in [5.41, 5.74) is 0. The predicted molar refractivity (Wildman–Crippen MR) is 23.6 cm³/mol. The second-order valence-electron chi connectivity index (χ2n) is 1.49. The fourth-order valence-corrected chi connectivity index (χ4v) is 0. The normalized spacial score (nSPS) is 7.86. The molecule has 0 aliphatic rings. The Bertz CT molecular complexity index is 65.1. The van der Waals surface area contributed by atoms with Crippen molar-refractivity contribution in [3.63, 3.8) is 0 Å². The van der Waals surface area contributed by atoms with Crippen molar-refractivity contribution in [3.05, 3.63) is 0 Å². The Kier molecular flexibility index (Phi) is 6.90. The van der Waals surface area contributed by atoms with Gasteiger partial charge >= 0.3 is 35.5 Å². The van der Waals surface area contributed by atoms with Crippen LogP contribution in [-0.2, 0) is 4.79 Å². The summed E-state index contributed by atoms with van der Waals surface area (Å²) in [6, 6.07) is 0. The Labute approximate surface area is 66.7 Å². The predicted octanol–water partition coefficient (Wildman–Crippen LogP) is -2.16. The third kappa shape index (κ3) is 6.47. The van der Waals surface area contributed by atoms with Gasteiger partial charge in [0, 0.05) is 0 Å². The topological polar surface area (TPSA) is 37.3 Å². The molecule has 0 saturated carbocycles. The van der Waals surface area contributed by atoms with Crippen molar-refractivity contribution in [3.8, 4) is 0 Å². The first kappa shape index (κ1) is 10.5. The Balaban J connectivity index is -0.000000125. The molecule has 0 saturated heterocycles. The molecule has 0 aliphatic heterocycles. The van der Waals surface area contributed by atoms with Gasteiger partial charge < -0.3 is 6.53 Å². The van der Waals surface area contributed by atoms with E-state index in [1.54, 1.807) is 13.8 Å². The van der Waals surface area contributed by atoms with Crippen molar-refractivity contribution in [2.24, 2.45) is 5.92 Å². The van der Waals surface area contributed by atoms with Crippen LogP contribution in [0.25, 0.3) is 0 Å². The quantitative estimate of drug-likeness (QED) is 0.392. The van der Waals surface area contributed by atoms with E-state index in [9.17, 15) is 4.79 Å². The zero-order valence-electron chi connectivity index (χ0n) is 5.93. The van der Waals surface area contributed by atoms with Crippen molar-refractivity contribution in [2.45, 2.75) is 13.8 Å². The number of aliphatic carboxylic acids is 1. The molecule has 0 spiro atoms. The molecule has 0 radical (unpaired) electrons. The number of rotatable bonds is 1. The van der Waals surface area contributed by atoms with E-state index < -0.39 is 5.97 Å². The molecule has 0 amide bonds. The van der Waals surface area contributed by atoms with Gasteiger partial charge in [0.15, 0.2) is 0 Å². The molecule has 2 nitrogen and oxygen atoms in total.